The lowest BCUT2D eigenvalue weighted by molar-refractivity contribution is -0.144. The van der Waals surface area contributed by atoms with Crippen molar-refractivity contribution in [1.82, 2.24) is 14.9 Å². The minimum absolute atomic E-state index is 0.555. The predicted molar refractivity (Wildman–Crippen MR) is 61.8 cm³/mol. The zero-order chi connectivity index (χ0) is 12.5. The lowest BCUT2D eigenvalue weighted by Gasteiger charge is -2.31. The maximum Gasteiger partial charge on any atom is 0.327 e. The smallest absolute Gasteiger partial charge is 0.327 e. The molecule has 0 bridgehead atoms. The molecule has 0 unspecified atom stereocenters. The molecule has 6 heteroatoms. The highest BCUT2D eigenvalue weighted by atomic mass is 16.4. The van der Waals surface area contributed by atoms with E-state index in [2.05, 4.69) is 9.97 Å². The molecule has 3 rings (SSSR count). The Kier molecular flexibility index (Phi) is 2.64. The van der Waals surface area contributed by atoms with Crippen molar-refractivity contribution >= 4 is 5.97 Å². The fraction of sp³-hybridized carbons (Fsp3) is 0.333. The molecule has 18 heavy (non-hydrogen) atoms. The van der Waals surface area contributed by atoms with Crippen LogP contribution in [0.2, 0.25) is 0 Å². The molecule has 0 saturated carbocycles. The van der Waals surface area contributed by atoms with Gasteiger partial charge in [-0.2, -0.15) is 0 Å². The first-order valence-electron chi connectivity index (χ1n) is 5.76. The molecule has 0 fully saturated rings. The summed E-state index contributed by atoms with van der Waals surface area (Å²) in [6.45, 7) is 1.25. The number of nitrogens with zero attached hydrogens (tertiary/aromatic N) is 2. The predicted octanol–water partition coefficient (Wildman–Crippen LogP) is 1.19. The Hall–Kier alpha value is -2.08. The van der Waals surface area contributed by atoms with Crippen LogP contribution in [0.15, 0.2) is 29.3 Å². The quantitative estimate of drug-likeness (QED) is 0.851. The van der Waals surface area contributed by atoms with Gasteiger partial charge in [0.25, 0.3) is 0 Å². The van der Waals surface area contributed by atoms with E-state index in [1.54, 1.807) is 18.9 Å². The van der Waals surface area contributed by atoms with E-state index in [-0.39, 0.29) is 0 Å². The molecule has 1 aliphatic heterocycles. The van der Waals surface area contributed by atoms with E-state index in [0.717, 1.165) is 17.7 Å². The van der Waals surface area contributed by atoms with Gasteiger partial charge < -0.3 is 14.5 Å². The molecule has 0 amide bonds. The Morgan fingerprint density at radius 2 is 2.56 bits per heavy atom. The van der Waals surface area contributed by atoms with Crippen LogP contribution in [0, 0.1) is 0 Å². The highest BCUT2D eigenvalue weighted by Gasteiger charge is 2.35. The van der Waals surface area contributed by atoms with Crippen LogP contribution in [0.4, 0.5) is 0 Å². The number of rotatable bonds is 3. The van der Waals surface area contributed by atoms with Gasteiger partial charge >= 0.3 is 5.97 Å². The number of hydrogen-bond donors (Lipinski definition) is 2. The van der Waals surface area contributed by atoms with E-state index in [4.69, 9.17) is 4.42 Å². The molecule has 0 radical (unpaired) electrons. The van der Waals surface area contributed by atoms with Gasteiger partial charge in [0.1, 0.15) is 0 Å². The van der Waals surface area contributed by atoms with E-state index < -0.39 is 12.0 Å². The Bertz CT molecular complexity index is 547. The zero-order valence-electron chi connectivity index (χ0n) is 9.67. The van der Waals surface area contributed by atoms with E-state index >= 15 is 0 Å². The fourth-order valence-corrected chi connectivity index (χ4v) is 2.39. The molecule has 2 aromatic heterocycles. The molecule has 94 valence electrons. The highest BCUT2D eigenvalue weighted by molar-refractivity contribution is 5.75. The van der Waals surface area contributed by atoms with Crippen LogP contribution in [-0.4, -0.2) is 32.5 Å². The lowest BCUT2D eigenvalue weighted by atomic mass is 10.0. The van der Waals surface area contributed by atoms with Gasteiger partial charge in [-0.1, -0.05) is 0 Å². The number of carboxylic acid groups (broad SMARTS) is 1. The number of hydrogen-bond acceptors (Lipinski definition) is 4. The third-order valence-electron chi connectivity index (χ3n) is 3.22. The molecule has 1 aliphatic rings. The summed E-state index contributed by atoms with van der Waals surface area (Å²) in [7, 11) is 0. The van der Waals surface area contributed by atoms with Crippen molar-refractivity contribution in [3.8, 4) is 0 Å². The van der Waals surface area contributed by atoms with Gasteiger partial charge in [0.05, 0.1) is 24.5 Å². The number of aromatic nitrogens is 2. The Labute approximate surface area is 103 Å². The largest absolute Gasteiger partial charge is 0.480 e. The topological polar surface area (TPSA) is 82.4 Å². The molecule has 1 atom stereocenters. The maximum absolute atomic E-state index is 11.4. The zero-order valence-corrected chi connectivity index (χ0v) is 9.67. The average molecular weight is 247 g/mol. The number of nitrogens with one attached hydrogen (secondary N) is 1. The molecule has 2 N–H and O–H groups in total. The van der Waals surface area contributed by atoms with Crippen molar-refractivity contribution in [2.24, 2.45) is 0 Å². The monoisotopic (exact) mass is 247 g/mol. The first-order valence-corrected chi connectivity index (χ1v) is 5.76. The first-order chi connectivity index (χ1) is 8.75. The minimum Gasteiger partial charge on any atom is -0.480 e. The van der Waals surface area contributed by atoms with Gasteiger partial charge in [0.2, 0.25) is 0 Å². The first kappa shape index (κ1) is 11.0. The van der Waals surface area contributed by atoms with E-state index in [1.165, 1.54) is 0 Å². The molecule has 0 spiro atoms. The van der Waals surface area contributed by atoms with Crippen molar-refractivity contribution in [1.29, 1.82) is 0 Å². The molecule has 0 aromatic carbocycles. The van der Waals surface area contributed by atoms with E-state index in [1.807, 2.05) is 11.0 Å². The fourth-order valence-electron chi connectivity index (χ4n) is 2.39. The standard InChI is InChI=1S/C12H13N3O3/c16-12(17)11-10-9(13-7-14-10)1-3-15(11)5-8-2-4-18-6-8/h2,4,6-7,11H,1,3,5H2,(H,13,14)(H,16,17)/t11-/m1/s1. The Morgan fingerprint density at radius 1 is 1.67 bits per heavy atom. The molecule has 6 nitrogen and oxygen atoms in total. The molecule has 0 aliphatic carbocycles. The highest BCUT2D eigenvalue weighted by Crippen LogP contribution is 2.28. The van der Waals surface area contributed by atoms with Crippen molar-refractivity contribution in [2.45, 2.75) is 19.0 Å². The number of fused-ring (bicyclic) bond motifs is 1. The molecular weight excluding hydrogens is 234 g/mol. The molecule has 3 heterocycles. The minimum atomic E-state index is -0.869. The van der Waals surface area contributed by atoms with Crippen molar-refractivity contribution in [2.75, 3.05) is 6.54 Å². The van der Waals surface area contributed by atoms with Crippen LogP contribution in [0.1, 0.15) is 23.0 Å². The van der Waals surface area contributed by atoms with Crippen LogP contribution in [0.3, 0.4) is 0 Å². The number of imidazole rings is 1. The average Bonchev–Trinajstić information content (AvgIpc) is 2.98. The van der Waals surface area contributed by atoms with Crippen LogP contribution in [0.5, 0.6) is 0 Å². The number of aliphatic carboxylic acids is 1. The second kappa shape index (κ2) is 4.30. The lowest BCUT2D eigenvalue weighted by Crippen LogP contribution is -2.39. The van der Waals surface area contributed by atoms with Gasteiger partial charge in [-0.05, 0) is 6.07 Å². The van der Waals surface area contributed by atoms with Crippen LogP contribution >= 0.6 is 0 Å². The van der Waals surface area contributed by atoms with Crippen molar-refractivity contribution in [3.63, 3.8) is 0 Å². The van der Waals surface area contributed by atoms with Gasteiger partial charge in [-0.25, -0.2) is 4.98 Å². The van der Waals surface area contributed by atoms with Gasteiger partial charge in [-0.3, -0.25) is 9.69 Å². The number of carbonyl (C=O) groups is 1. The molecule has 2 aromatic rings. The summed E-state index contributed by atoms with van der Waals surface area (Å²) >= 11 is 0. The summed E-state index contributed by atoms with van der Waals surface area (Å²) in [5.41, 5.74) is 2.52. The van der Waals surface area contributed by atoms with Gasteiger partial charge in [-0.15, -0.1) is 0 Å². The number of carboxylic acids is 1. The summed E-state index contributed by atoms with van der Waals surface area (Å²) in [4.78, 5) is 20.5. The summed E-state index contributed by atoms with van der Waals surface area (Å²) in [6.07, 6.45) is 5.58. The van der Waals surface area contributed by atoms with Crippen LogP contribution < -0.4 is 0 Å². The third-order valence-corrected chi connectivity index (χ3v) is 3.22. The Balaban J connectivity index is 1.89. The maximum atomic E-state index is 11.4. The molecular formula is C12H13N3O3. The summed E-state index contributed by atoms with van der Waals surface area (Å²) in [6, 6.07) is 1.16. The van der Waals surface area contributed by atoms with Crippen molar-refractivity contribution in [3.05, 3.63) is 41.9 Å². The van der Waals surface area contributed by atoms with Crippen LogP contribution in [0.25, 0.3) is 0 Å². The number of H-pyrrole nitrogens is 1. The number of furan rings is 1. The van der Waals surface area contributed by atoms with Crippen molar-refractivity contribution < 1.29 is 14.3 Å². The van der Waals surface area contributed by atoms with E-state index in [0.29, 0.717) is 18.8 Å². The van der Waals surface area contributed by atoms with Gasteiger partial charge in [0, 0.05) is 30.8 Å². The molecule has 0 saturated heterocycles. The third kappa shape index (κ3) is 1.80. The van der Waals surface area contributed by atoms with Gasteiger partial charge in [0.15, 0.2) is 6.04 Å². The Morgan fingerprint density at radius 3 is 3.28 bits per heavy atom. The van der Waals surface area contributed by atoms with Crippen LogP contribution in [-0.2, 0) is 17.8 Å². The second-order valence-corrected chi connectivity index (χ2v) is 4.36. The van der Waals surface area contributed by atoms with E-state index in [9.17, 15) is 9.90 Å². The summed E-state index contributed by atoms with van der Waals surface area (Å²) < 4.78 is 5.01. The second-order valence-electron chi connectivity index (χ2n) is 4.36. The summed E-state index contributed by atoms with van der Waals surface area (Å²) in [5.74, 6) is -0.869. The SMILES string of the molecule is O=C(O)[C@H]1c2nc[nH]c2CCN1Cc1ccoc1. The summed E-state index contributed by atoms with van der Waals surface area (Å²) in [5, 5.41) is 9.38. The normalized spacial score (nSPS) is 19.7. The number of aromatic amines is 1.